The Kier molecular flexibility index (Phi) is 6.57. The van der Waals surface area contributed by atoms with E-state index < -0.39 is 15.9 Å². The van der Waals surface area contributed by atoms with Crippen molar-refractivity contribution in [3.05, 3.63) is 58.6 Å². The molecule has 0 aliphatic rings. The highest BCUT2D eigenvalue weighted by atomic mass is 79.9. The lowest BCUT2D eigenvalue weighted by Crippen LogP contribution is -2.43. The summed E-state index contributed by atoms with van der Waals surface area (Å²) in [4.78, 5) is 13.9. The fourth-order valence-electron chi connectivity index (χ4n) is 1.96. The Hall–Kier alpha value is -1.90. The lowest BCUT2D eigenvalue weighted by molar-refractivity contribution is -0.123. The molecule has 0 aliphatic carbocycles. The third-order valence-electron chi connectivity index (χ3n) is 3.36. The van der Waals surface area contributed by atoms with Crippen molar-refractivity contribution in [1.82, 2.24) is 10.3 Å². The number of rotatable bonds is 7. The number of hydrazine groups is 1. The van der Waals surface area contributed by atoms with Gasteiger partial charge in [-0.2, -0.15) is 0 Å². The first-order chi connectivity index (χ1) is 11.8. The summed E-state index contributed by atoms with van der Waals surface area (Å²) in [6.45, 7) is 3.83. The molecule has 2 rings (SSSR count). The van der Waals surface area contributed by atoms with Crippen LogP contribution in [0.15, 0.2) is 57.9 Å². The van der Waals surface area contributed by atoms with Crippen LogP contribution in [0.1, 0.15) is 25.3 Å². The van der Waals surface area contributed by atoms with E-state index in [-0.39, 0.29) is 11.5 Å². The van der Waals surface area contributed by atoms with Crippen molar-refractivity contribution in [1.29, 1.82) is 0 Å². The maximum atomic E-state index is 12.0. The molecule has 0 fully saturated rings. The van der Waals surface area contributed by atoms with Gasteiger partial charge in [0.15, 0.2) is 6.61 Å². The minimum Gasteiger partial charge on any atom is -0.483 e. The summed E-state index contributed by atoms with van der Waals surface area (Å²) in [5.41, 5.74) is 3.26. The summed E-state index contributed by atoms with van der Waals surface area (Å²) in [6, 6.07) is 13.4. The second-order valence-corrected chi connectivity index (χ2v) is 8.14. The third-order valence-corrected chi connectivity index (χ3v) is 5.24. The van der Waals surface area contributed by atoms with E-state index in [1.54, 1.807) is 24.3 Å². The van der Waals surface area contributed by atoms with Gasteiger partial charge in [0, 0.05) is 0 Å². The van der Waals surface area contributed by atoms with Gasteiger partial charge in [0.05, 0.1) is 9.37 Å². The van der Waals surface area contributed by atoms with Crippen LogP contribution in [0.5, 0.6) is 5.75 Å². The molecule has 0 heterocycles. The molecule has 0 spiro atoms. The molecule has 2 aromatic rings. The number of hydrogen-bond donors (Lipinski definition) is 2. The number of carbonyl (C=O) groups is 1. The normalized spacial score (nSPS) is 11.4. The standard InChI is InChI=1S/C17H19BrN2O4S/c1-12(2)13-8-9-16(15(18)10-13)24-11-17(21)19-20-25(22,23)14-6-4-3-5-7-14/h3-10,12,20H,11H2,1-2H3,(H,19,21). The lowest BCUT2D eigenvalue weighted by atomic mass is 10.0. The van der Waals surface area contributed by atoms with E-state index in [4.69, 9.17) is 4.74 Å². The van der Waals surface area contributed by atoms with E-state index in [1.165, 1.54) is 12.1 Å². The van der Waals surface area contributed by atoms with Crippen molar-refractivity contribution >= 4 is 31.9 Å². The molecular weight excluding hydrogens is 408 g/mol. The number of hydrogen-bond acceptors (Lipinski definition) is 4. The van der Waals surface area contributed by atoms with Crippen LogP contribution in [0.3, 0.4) is 0 Å². The molecule has 0 atom stereocenters. The smallest absolute Gasteiger partial charge is 0.272 e. The third kappa shape index (κ3) is 5.55. The number of halogens is 1. The van der Waals surface area contributed by atoms with Gasteiger partial charge in [0.1, 0.15) is 5.75 Å². The lowest BCUT2D eigenvalue weighted by Gasteiger charge is -2.12. The Morgan fingerprint density at radius 3 is 2.44 bits per heavy atom. The van der Waals surface area contributed by atoms with Crippen LogP contribution < -0.4 is 15.0 Å². The molecule has 0 radical (unpaired) electrons. The molecule has 25 heavy (non-hydrogen) atoms. The first-order valence-electron chi connectivity index (χ1n) is 7.57. The van der Waals surface area contributed by atoms with Crippen molar-refractivity contribution in [2.75, 3.05) is 6.61 Å². The Balaban J connectivity index is 1.89. The molecule has 134 valence electrons. The highest BCUT2D eigenvalue weighted by Gasteiger charge is 2.15. The highest BCUT2D eigenvalue weighted by Crippen LogP contribution is 2.28. The number of benzene rings is 2. The van der Waals surface area contributed by atoms with Crippen molar-refractivity contribution in [2.45, 2.75) is 24.7 Å². The van der Waals surface area contributed by atoms with Crippen molar-refractivity contribution < 1.29 is 17.9 Å². The first-order valence-corrected chi connectivity index (χ1v) is 9.85. The van der Waals surface area contributed by atoms with Gasteiger partial charge in [0.25, 0.3) is 15.9 Å². The fraction of sp³-hybridized carbons (Fsp3) is 0.235. The van der Waals surface area contributed by atoms with E-state index >= 15 is 0 Å². The van der Waals surface area contributed by atoms with Crippen molar-refractivity contribution in [3.8, 4) is 5.75 Å². The zero-order valence-corrected chi connectivity index (χ0v) is 16.2. The fourth-order valence-corrected chi connectivity index (χ4v) is 3.35. The molecule has 0 saturated carbocycles. The van der Waals surface area contributed by atoms with Crippen LogP contribution in [0, 0.1) is 0 Å². The molecule has 0 unspecified atom stereocenters. The van der Waals surface area contributed by atoms with E-state index in [9.17, 15) is 13.2 Å². The van der Waals surface area contributed by atoms with Gasteiger partial charge in [-0.25, -0.2) is 8.42 Å². The first kappa shape index (κ1) is 19.4. The average Bonchev–Trinajstić information content (AvgIpc) is 2.59. The monoisotopic (exact) mass is 426 g/mol. The molecule has 0 bridgehead atoms. The number of amides is 1. The highest BCUT2D eigenvalue weighted by molar-refractivity contribution is 9.10. The molecule has 2 N–H and O–H groups in total. The summed E-state index contributed by atoms with van der Waals surface area (Å²) in [6.07, 6.45) is 0. The summed E-state index contributed by atoms with van der Waals surface area (Å²) in [5, 5.41) is 0. The molecule has 0 saturated heterocycles. The zero-order chi connectivity index (χ0) is 18.4. The van der Waals surface area contributed by atoms with Crippen LogP contribution in [0.4, 0.5) is 0 Å². The molecule has 0 aromatic heterocycles. The van der Waals surface area contributed by atoms with E-state index in [0.717, 1.165) is 10.0 Å². The maximum Gasteiger partial charge on any atom is 0.272 e. The minimum absolute atomic E-state index is 0.0586. The second-order valence-electron chi connectivity index (χ2n) is 5.60. The molecule has 8 heteroatoms. The number of nitrogens with one attached hydrogen (secondary N) is 2. The van der Waals surface area contributed by atoms with Crippen LogP contribution in [0.25, 0.3) is 0 Å². The van der Waals surface area contributed by atoms with Gasteiger partial charge in [-0.05, 0) is 51.7 Å². The van der Waals surface area contributed by atoms with Gasteiger partial charge in [-0.1, -0.05) is 38.1 Å². The predicted molar refractivity (Wildman–Crippen MR) is 98.6 cm³/mol. The average molecular weight is 427 g/mol. The number of carbonyl (C=O) groups excluding carboxylic acids is 1. The molecular formula is C17H19BrN2O4S. The molecule has 1 amide bonds. The van der Waals surface area contributed by atoms with Crippen LogP contribution >= 0.6 is 15.9 Å². The Bertz CT molecular complexity index is 839. The summed E-state index contributed by atoms with van der Waals surface area (Å²) in [5.74, 6) is 0.269. The Labute approximate surface area is 155 Å². The van der Waals surface area contributed by atoms with Gasteiger partial charge in [-0.3, -0.25) is 10.2 Å². The van der Waals surface area contributed by atoms with Crippen LogP contribution in [-0.2, 0) is 14.8 Å². The molecule has 0 aliphatic heterocycles. The maximum absolute atomic E-state index is 12.0. The van der Waals surface area contributed by atoms with Crippen molar-refractivity contribution in [2.24, 2.45) is 0 Å². The topological polar surface area (TPSA) is 84.5 Å². The Morgan fingerprint density at radius 1 is 1.16 bits per heavy atom. The van der Waals surface area contributed by atoms with Gasteiger partial charge in [-0.15, -0.1) is 4.83 Å². The Morgan fingerprint density at radius 2 is 1.84 bits per heavy atom. The molecule has 6 nitrogen and oxygen atoms in total. The molecule has 2 aromatic carbocycles. The van der Waals surface area contributed by atoms with E-state index in [0.29, 0.717) is 11.7 Å². The SMILES string of the molecule is CC(C)c1ccc(OCC(=O)NNS(=O)(=O)c2ccccc2)c(Br)c1. The summed E-state index contributed by atoms with van der Waals surface area (Å²) in [7, 11) is -3.81. The van der Waals surface area contributed by atoms with Gasteiger partial charge < -0.3 is 4.74 Å². The number of sulfonamides is 1. The minimum atomic E-state index is -3.81. The van der Waals surface area contributed by atoms with Crippen LogP contribution in [-0.4, -0.2) is 20.9 Å². The quantitative estimate of drug-likeness (QED) is 0.666. The van der Waals surface area contributed by atoms with Crippen molar-refractivity contribution in [3.63, 3.8) is 0 Å². The number of ether oxygens (including phenoxy) is 1. The van der Waals surface area contributed by atoms with Gasteiger partial charge in [0.2, 0.25) is 0 Å². The van der Waals surface area contributed by atoms with Crippen LogP contribution in [0.2, 0.25) is 0 Å². The predicted octanol–water partition coefficient (Wildman–Crippen LogP) is 2.96. The zero-order valence-electron chi connectivity index (χ0n) is 13.8. The summed E-state index contributed by atoms with van der Waals surface area (Å²) >= 11 is 3.40. The summed E-state index contributed by atoms with van der Waals surface area (Å²) < 4.78 is 30.1. The van der Waals surface area contributed by atoms with Gasteiger partial charge >= 0.3 is 0 Å². The van der Waals surface area contributed by atoms with E-state index in [2.05, 4.69) is 35.2 Å². The van der Waals surface area contributed by atoms with E-state index in [1.807, 2.05) is 17.0 Å². The largest absolute Gasteiger partial charge is 0.483 e. The second kappa shape index (κ2) is 8.46.